The van der Waals surface area contributed by atoms with Crippen molar-refractivity contribution in [3.8, 4) is 11.8 Å². The van der Waals surface area contributed by atoms with Gasteiger partial charge >= 0.3 is 6.18 Å². The third kappa shape index (κ3) is 4.17. The Morgan fingerprint density at radius 2 is 1.97 bits per heavy atom. The molecule has 0 amide bonds. The number of piperazine rings is 1. The maximum Gasteiger partial charge on any atom is 0.419 e. The van der Waals surface area contributed by atoms with Gasteiger partial charge in [-0.2, -0.15) is 18.4 Å². The molecule has 2 aromatic heterocycles. The number of nitrogens with zero attached hydrogens (tertiary/aromatic N) is 5. The van der Waals surface area contributed by atoms with Crippen LogP contribution in [0.15, 0.2) is 35.1 Å². The number of benzene rings is 1. The zero-order valence-corrected chi connectivity index (χ0v) is 21.2. The summed E-state index contributed by atoms with van der Waals surface area (Å²) in [6.07, 6.45) is -3.46. The fourth-order valence-corrected chi connectivity index (χ4v) is 5.77. The Morgan fingerprint density at radius 1 is 1.21 bits per heavy atom. The number of anilines is 1. The van der Waals surface area contributed by atoms with Gasteiger partial charge in [0, 0.05) is 32.2 Å². The van der Waals surface area contributed by atoms with E-state index in [-0.39, 0.29) is 41.7 Å². The second-order valence-corrected chi connectivity index (χ2v) is 9.76. The third-order valence-electron chi connectivity index (χ3n) is 7.68. The van der Waals surface area contributed by atoms with Crippen molar-refractivity contribution in [1.82, 2.24) is 14.5 Å². The van der Waals surface area contributed by atoms with Crippen molar-refractivity contribution in [2.24, 2.45) is 7.05 Å². The lowest BCUT2D eigenvalue weighted by Gasteiger charge is -2.51. The minimum Gasteiger partial charge on any atom is -0.484 e. The minimum absolute atomic E-state index is 0.0363. The molecule has 1 aromatic carbocycles. The predicted octanol–water partition coefficient (Wildman–Crippen LogP) is 4.78. The summed E-state index contributed by atoms with van der Waals surface area (Å²) in [5.74, 6) is -1.09. The molecule has 11 heteroatoms. The lowest BCUT2D eigenvalue weighted by Crippen LogP contribution is -2.62. The monoisotopic (exact) mass is 529 g/mol. The first-order valence-electron chi connectivity index (χ1n) is 12.5. The van der Waals surface area contributed by atoms with Crippen LogP contribution in [0.25, 0.3) is 11.0 Å². The number of nitriles is 1. The van der Waals surface area contributed by atoms with Gasteiger partial charge in [-0.3, -0.25) is 9.69 Å². The number of hydrogen-bond acceptors (Lipinski definition) is 6. The number of rotatable bonds is 4. The van der Waals surface area contributed by atoms with E-state index in [0.717, 1.165) is 18.6 Å². The van der Waals surface area contributed by atoms with Crippen LogP contribution in [0.4, 0.5) is 23.2 Å². The Balaban J connectivity index is 1.55. The van der Waals surface area contributed by atoms with Crippen LogP contribution in [0.1, 0.15) is 49.6 Å². The number of halogens is 4. The molecule has 0 N–H and O–H groups in total. The number of aryl methyl sites for hydroxylation is 1. The van der Waals surface area contributed by atoms with Crippen LogP contribution in [-0.2, 0) is 13.2 Å². The molecule has 0 bridgehead atoms. The molecule has 0 spiro atoms. The number of fused-ring (bicyclic) bond motifs is 5. The number of pyridine rings is 2. The standard InChI is InChI=1S/C27H27F4N5O2/c1-4-17-12-36-18(13-35(17)21(5-2)15-6-8-19(20(28)10-15)27(29,30)31)14-38-25-24(36)23-22(34(3)26(25)37)9-7-16(11-32)33-23/h6-10,17-18,21H,4-5,12-14H2,1-3H3/t17-,18+,21+/m1/s1. The second-order valence-electron chi connectivity index (χ2n) is 9.76. The molecule has 5 rings (SSSR count). The Hall–Kier alpha value is -3.65. The van der Waals surface area contributed by atoms with Crippen molar-refractivity contribution in [2.45, 2.75) is 51.0 Å². The van der Waals surface area contributed by atoms with Crippen LogP contribution in [0, 0.1) is 17.1 Å². The van der Waals surface area contributed by atoms with Crippen molar-refractivity contribution in [1.29, 1.82) is 5.26 Å². The van der Waals surface area contributed by atoms with E-state index in [2.05, 4.69) is 20.9 Å². The van der Waals surface area contributed by atoms with Crippen LogP contribution >= 0.6 is 0 Å². The molecule has 1 saturated heterocycles. The predicted molar refractivity (Wildman–Crippen MR) is 134 cm³/mol. The highest BCUT2D eigenvalue weighted by molar-refractivity contribution is 5.93. The average Bonchev–Trinajstić information content (AvgIpc) is 2.90. The first-order chi connectivity index (χ1) is 18.1. The summed E-state index contributed by atoms with van der Waals surface area (Å²) in [6, 6.07) is 7.96. The molecule has 7 nitrogen and oxygen atoms in total. The summed E-state index contributed by atoms with van der Waals surface area (Å²) in [7, 11) is 1.63. The highest BCUT2D eigenvalue weighted by Gasteiger charge is 2.42. The summed E-state index contributed by atoms with van der Waals surface area (Å²) in [5.41, 5.74) is 0.791. The lowest BCUT2D eigenvalue weighted by atomic mass is 9.94. The van der Waals surface area contributed by atoms with Crippen molar-refractivity contribution in [2.75, 3.05) is 24.6 Å². The van der Waals surface area contributed by atoms with Crippen LogP contribution < -0.4 is 15.2 Å². The van der Waals surface area contributed by atoms with Crippen molar-refractivity contribution in [3.05, 3.63) is 63.3 Å². The summed E-state index contributed by atoms with van der Waals surface area (Å²) in [4.78, 5) is 22.0. The molecule has 0 radical (unpaired) electrons. The lowest BCUT2D eigenvalue weighted by molar-refractivity contribution is -0.140. The van der Waals surface area contributed by atoms with Crippen LogP contribution in [0.2, 0.25) is 0 Å². The fraction of sp³-hybridized carbons (Fsp3) is 0.444. The SMILES string of the molecule is CC[C@@H]1CN2c3c(c(=O)n(C)c4ccc(C#N)nc34)OC[C@@H]2CN1[C@@H](CC)c1ccc(C(F)(F)F)c(F)c1. The summed E-state index contributed by atoms with van der Waals surface area (Å²) >= 11 is 0. The van der Waals surface area contributed by atoms with E-state index < -0.39 is 17.6 Å². The zero-order valence-electron chi connectivity index (χ0n) is 21.2. The Morgan fingerprint density at radius 3 is 2.61 bits per heavy atom. The molecule has 1 fully saturated rings. The first kappa shape index (κ1) is 26.0. The van der Waals surface area contributed by atoms with Crippen LogP contribution in [0.5, 0.6) is 5.75 Å². The van der Waals surface area contributed by atoms with Gasteiger partial charge in [0.15, 0.2) is 0 Å². The third-order valence-corrected chi connectivity index (χ3v) is 7.68. The highest BCUT2D eigenvalue weighted by atomic mass is 19.4. The van der Waals surface area contributed by atoms with Gasteiger partial charge in [-0.15, -0.1) is 0 Å². The van der Waals surface area contributed by atoms with E-state index in [1.807, 2.05) is 13.8 Å². The molecule has 3 aromatic rings. The van der Waals surface area contributed by atoms with E-state index in [9.17, 15) is 27.6 Å². The molecular weight excluding hydrogens is 502 g/mol. The Bertz CT molecular complexity index is 1500. The van der Waals surface area contributed by atoms with Crippen molar-refractivity contribution < 1.29 is 22.3 Å². The number of aromatic nitrogens is 2. The number of hydrogen-bond donors (Lipinski definition) is 0. The second kappa shape index (κ2) is 9.58. The Kier molecular flexibility index (Phi) is 6.55. The maximum absolute atomic E-state index is 14.5. The van der Waals surface area contributed by atoms with Crippen molar-refractivity contribution >= 4 is 16.7 Å². The quantitative estimate of drug-likeness (QED) is 0.453. The van der Waals surface area contributed by atoms with E-state index in [1.54, 1.807) is 19.2 Å². The molecule has 2 aliphatic rings. The number of alkyl halides is 3. The molecule has 0 aliphatic carbocycles. The molecule has 0 saturated carbocycles. The van der Waals surface area contributed by atoms with Crippen LogP contribution in [-0.4, -0.2) is 46.2 Å². The van der Waals surface area contributed by atoms with Gasteiger partial charge in [0.05, 0.1) is 17.1 Å². The van der Waals surface area contributed by atoms with Crippen LogP contribution in [0.3, 0.4) is 0 Å². The van der Waals surface area contributed by atoms with Gasteiger partial charge in [-0.25, -0.2) is 9.37 Å². The summed E-state index contributed by atoms with van der Waals surface area (Å²) in [6.45, 7) is 5.19. The topological polar surface area (TPSA) is 74.4 Å². The molecule has 4 heterocycles. The molecular formula is C27H27F4N5O2. The first-order valence-corrected chi connectivity index (χ1v) is 12.5. The molecule has 2 aliphatic heterocycles. The smallest absolute Gasteiger partial charge is 0.419 e. The number of ether oxygens (including phenoxy) is 1. The summed E-state index contributed by atoms with van der Waals surface area (Å²) in [5, 5.41) is 9.43. The van der Waals surface area contributed by atoms with E-state index >= 15 is 0 Å². The largest absolute Gasteiger partial charge is 0.484 e. The molecule has 3 atom stereocenters. The summed E-state index contributed by atoms with van der Waals surface area (Å²) < 4.78 is 61.3. The fourth-order valence-electron chi connectivity index (χ4n) is 5.77. The van der Waals surface area contributed by atoms with E-state index in [0.29, 0.717) is 41.8 Å². The Labute approximate surface area is 216 Å². The normalized spacial score (nSPS) is 20.4. The van der Waals surface area contributed by atoms with Gasteiger partial charge < -0.3 is 14.2 Å². The minimum atomic E-state index is -4.76. The van der Waals surface area contributed by atoms with Gasteiger partial charge in [-0.1, -0.05) is 19.9 Å². The highest BCUT2D eigenvalue weighted by Crippen LogP contribution is 2.42. The maximum atomic E-state index is 14.5. The van der Waals surface area contributed by atoms with Gasteiger partial charge in [-0.05, 0) is 42.7 Å². The molecule has 38 heavy (non-hydrogen) atoms. The van der Waals surface area contributed by atoms with Gasteiger partial charge in [0.2, 0.25) is 5.75 Å². The van der Waals surface area contributed by atoms with E-state index in [1.165, 1.54) is 10.6 Å². The van der Waals surface area contributed by atoms with E-state index in [4.69, 9.17) is 4.74 Å². The average molecular weight is 530 g/mol. The molecule has 0 unspecified atom stereocenters. The van der Waals surface area contributed by atoms with Gasteiger partial charge in [0.1, 0.15) is 35.4 Å². The van der Waals surface area contributed by atoms with Crippen molar-refractivity contribution in [3.63, 3.8) is 0 Å². The zero-order chi connectivity index (χ0) is 27.4. The molecule has 200 valence electrons. The van der Waals surface area contributed by atoms with Gasteiger partial charge in [0.25, 0.3) is 5.56 Å².